The number of rotatable bonds is 2. The van der Waals surface area contributed by atoms with Gasteiger partial charge in [0.1, 0.15) is 5.54 Å². The van der Waals surface area contributed by atoms with Crippen molar-refractivity contribution in [2.75, 3.05) is 19.6 Å². The van der Waals surface area contributed by atoms with Crippen LogP contribution in [0.5, 0.6) is 0 Å². The molecule has 1 N–H and O–H groups in total. The van der Waals surface area contributed by atoms with Crippen molar-refractivity contribution in [1.29, 1.82) is 5.26 Å². The van der Waals surface area contributed by atoms with Gasteiger partial charge >= 0.3 is 0 Å². The zero-order valence-electron chi connectivity index (χ0n) is 10.4. The van der Waals surface area contributed by atoms with Crippen molar-refractivity contribution in [3.05, 3.63) is 0 Å². The Morgan fingerprint density at radius 1 is 1.31 bits per heavy atom. The molecule has 0 spiro atoms. The molecule has 3 heteroatoms. The molecule has 0 saturated carbocycles. The van der Waals surface area contributed by atoms with E-state index in [-0.39, 0.29) is 18.5 Å². The van der Waals surface area contributed by atoms with E-state index in [1.165, 1.54) is 0 Å². The third-order valence-corrected chi connectivity index (χ3v) is 2.99. The van der Waals surface area contributed by atoms with Gasteiger partial charge in [0.25, 0.3) is 0 Å². The van der Waals surface area contributed by atoms with Crippen molar-refractivity contribution in [3.8, 4) is 6.07 Å². The van der Waals surface area contributed by atoms with Crippen LogP contribution >= 0.6 is 0 Å². The predicted molar refractivity (Wildman–Crippen MR) is 69.3 cm³/mol. The number of likely N-dealkylation sites (tertiary alicyclic amines) is 1. The lowest BCUT2D eigenvalue weighted by molar-refractivity contribution is 0.151. The summed E-state index contributed by atoms with van der Waals surface area (Å²) in [7, 11) is 0. The molecule has 0 aromatic heterocycles. The molecule has 0 aliphatic carbocycles. The van der Waals surface area contributed by atoms with Gasteiger partial charge in [-0.2, -0.15) is 5.26 Å². The molecule has 0 radical (unpaired) electrons. The molecule has 3 nitrogen and oxygen atoms in total. The molecule has 1 aliphatic heterocycles. The SMILES string of the molecule is C.CCN1CCC(C#N)(NC(C)(C)C)CC1. The summed E-state index contributed by atoms with van der Waals surface area (Å²) < 4.78 is 0. The van der Waals surface area contributed by atoms with Crippen LogP contribution in [0.25, 0.3) is 0 Å². The van der Waals surface area contributed by atoms with E-state index in [0.717, 1.165) is 32.5 Å². The molecule has 16 heavy (non-hydrogen) atoms. The Morgan fingerprint density at radius 2 is 1.81 bits per heavy atom. The fraction of sp³-hybridized carbons (Fsp3) is 0.923. The number of piperidine rings is 1. The van der Waals surface area contributed by atoms with Gasteiger partial charge in [-0.15, -0.1) is 0 Å². The van der Waals surface area contributed by atoms with Crippen LogP contribution in [0.3, 0.4) is 0 Å². The summed E-state index contributed by atoms with van der Waals surface area (Å²) in [6.07, 6.45) is 1.88. The van der Waals surface area contributed by atoms with E-state index in [9.17, 15) is 5.26 Å². The topological polar surface area (TPSA) is 39.1 Å². The van der Waals surface area contributed by atoms with E-state index in [2.05, 4.69) is 44.0 Å². The van der Waals surface area contributed by atoms with E-state index >= 15 is 0 Å². The summed E-state index contributed by atoms with van der Waals surface area (Å²) in [6.45, 7) is 11.7. The minimum atomic E-state index is -0.302. The van der Waals surface area contributed by atoms with Gasteiger partial charge in [0.05, 0.1) is 6.07 Å². The van der Waals surface area contributed by atoms with Crippen LogP contribution in [-0.2, 0) is 0 Å². The Bertz CT molecular complexity index is 239. The third kappa shape index (κ3) is 4.11. The Balaban J connectivity index is 0.00000225. The highest BCUT2D eigenvalue weighted by Gasteiger charge is 2.36. The van der Waals surface area contributed by atoms with E-state index in [1.54, 1.807) is 0 Å². The summed E-state index contributed by atoms with van der Waals surface area (Å²) >= 11 is 0. The summed E-state index contributed by atoms with van der Waals surface area (Å²) in [5.41, 5.74) is -0.284. The smallest absolute Gasteiger partial charge is 0.109 e. The van der Waals surface area contributed by atoms with Crippen molar-refractivity contribution >= 4 is 0 Å². The van der Waals surface area contributed by atoms with Crippen LogP contribution in [0.2, 0.25) is 0 Å². The molecule has 1 aliphatic rings. The van der Waals surface area contributed by atoms with Gasteiger partial charge in [0, 0.05) is 18.6 Å². The largest absolute Gasteiger partial charge is 0.303 e. The van der Waals surface area contributed by atoms with Crippen molar-refractivity contribution < 1.29 is 0 Å². The van der Waals surface area contributed by atoms with E-state index in [1.807, 2.05) is 0 Å². The molecule has 94 valence electrons. The molecule has 0 aromatic carbocycles. The van der Waals surface area contributed by atoms with Crippen LogP contribution < -0.4 is 5.32 Å². The van der Waals surface area contributed by atoms with Gasteiger partial charge in [0.15, 0.2) is 0 Å². The second-order valence-electron chi connectivity index (χ2n) is 5.50. The molecule has 0 bridgehead atoms. The Hall–Kier alpha value is -0.590. The predicted octanol–water partition coefficient (Wildman–Crippen LogP) is 2.39. The molecular formula is C13H27N3. The van der Waals surface area contributed by atoms with Gasteiger partial charge in [0.2, 0.25) is 0 Å². The quantitative estimate of drug-likeness (QED) is 0.784. The van der Waals surface area contributed by atoms with Gasteiger partial charge < -0.3 is 4.90 Å². The fourth-order valence-electron chi connectivity index (χ4n) is 2.23. The highest BCUT2D eigenvalue weighted by molar-refractivity contribution is 5.11. The molecule has 0 amide bonds. The highest BCUT2D eigenvalue weighted by Crippen LogP contribution is 2.24. The van der Waals surface area contributed by atoms with Crippen molar-refractivity contribution in [3.63, 3.8) is 0 Å². The maximum Gasteiger partial charge on any atom is 0.109 e. The molecule has 1 saturated heterocycles. The number of nitrogens with zero attached hydrogens (tertiary/aromatic N) is 2. The van der Waals surface area contributed by atoms with Gasteiger partial charge in [-0.1, -0.05) is 14.4 Å². The monoisotopic (exact) mass is 225 g/mol. The summed E-state index contributed by atoms with van der Waals surface area (Å²) in [5, 5.41) is 12.8. The first-order valence-electron chi connectivity index (χ1n) is 5.84. The number of hydrogen-bond donors (Lipinski definition) is 1. The maximum atomic E-state index is 9.33. The first-order chi connectivity index (χ1) is 6.91. The molecule has 0 unspecified atom stereocenters. The molecular weight excluding hydrogens is 198 g/mol. The minimum Gasteiger partial charge on any atom is -0.303 e. The third-order valence-electron chi connectivity index (χ3n) is 2.99. The molecule has 0 aromatic rings. The first-order valence-corrected chi connectivity index (χ1v) is 5.84. The van der Waals surface area contributed by atoms with Gasteiger partial charge in [-0.05, 0) is 40.2 Å². The second-order valence-corrected chi connectivity index (χ2v) is 5.50. The average molecular weight is 225 g/mol. The lowest BCUT2D eigenvalue weighted by Gasteiger charge is -2.41. The number of hydrogen-bond acceptors (Lipinski definition) is 3. The maximum absolute atomic E-state index is 9.33. The Kier molecular flexibility index (Phi) is 5.44. The average Bonchev–Trinajstić information content (AvgIpc) is 2.16. The second kappa shape index (κ2) is 5.65. The van der Waals surface area contributed by atoms with Gasteiger partial charge in [-0.25, -0.2) is 0 Å². The van der Waals surface area contributed by atoms with Crippen molar-refractivity contribution in [2.45, 2.75) is 59.0 Å². The first kappa shape index (κ1) is 15.4. The molecule has 1 fully saturated rings. The van der Waals surface area contributed by atoms with Crippen LogP contribution in [0.15, 0.2) is 0 Å². The normalized spacial score (nSPS) is 20.9. The van der Waals surface area contributed by atoms with Crippen LogP contribution in [0, 0.1) is 11.3 Å². The minimum absolute atomic E-state index is 0. The van der Waals surface area contributed by atoms with E-state index in [4.69, 9.17) is 0 Å². The number of nitrogens with one attached hydrogen (secondary N) is 1. The Labute approximate surface area is 101 Å². The number of nitriles is 1. The molecule has 0 atom stereocenters. The molecule has 1 heterocycles. The summed E-state index contributed by atoms with van der Waals surface area (Å²) in [6, 6.07) is 2.48. The van der Waals surface area contributed by atoms with Crippen molar-refractivity contribution in [2.24, 2.45) is 0 Å². The van der Waals surface area contributed by atoms with Crippen LogP contribution in [-0.4, -0.2) is 35.6 Å². The highest BCUT2D eigenvalue weighted by atomic mass is 15.2. The zero-order chi connectivity index (χ0) is 11.5. The van der Waals surface area contributed by atoms with Crippen molar-refractivity contribution in [1.82, 2.24) is 10.2 Å². The lowest BCUT2D eigenvalue weighted by Crippen LogP contribution is -2.58. The zero-order valence-corrected chi connectivity index (χ0v) is 10.4. The van der Waals surface area contributed by atoms with Crippen LogP contribution in [0.4, 0.5) is 0 Å². The summed E-state index contributed by atoms with van der Waals surface area (Å²) in [5.74, 6) is 0. The van der Waals surface area contributed by atoms with Crippen LogP contribution in [0.1, 0.15) is 48.0 Å². The molecule has 1 rings (SSSR count). The lowest BCUT2D eigenvalue weighted by atomic mass is 9.86. The van der Waals surface area contributed by atoms with Gasteiger partial charge in [-0.3, -0.25) is 5.32 Å². The Morgan fingerprint density at radius 3 is 2.12 bits per heavy atom. The fourth-order valence-corrected chi connectivity index (χ4v) is 2.23. The standard InChI is InChI=1S/C12H23N3.CH4/c1-5-15-8-6-12(10-13,7-9-15)14-11(2,3)4;/h14H,5-9H2,1-4H3;1H4. The summed E-state index contributed by atoms with van der Waals surface area (Å²) in [4.78, 5) is 2.40. The van der Waals surface area contributed by atoms with E-state index < -0.39 is 0 Å². The van der Waals surface area contributed by atoms with E-state index in [0.29, 0.717) is 0 Å².